The molecule has 3 saturated heterocycles. The molecule has 0 N–H and O–H groups in total. The molecule has 1 saturated carbocycles. The molecule has 3 heterocycles. The number of hydrogen-bond acceptors (Lipinski definition) is 5. The van der Waals surface area contributed by atoms with Crippen LogP contribution < -0.4 is 9.80 Å². The maximum atomic E-state index is 13.3. The Hall–Kier alpha value is -3.06. The third-order valence-corrected chi connectivity index (χ3v) is 8.74. The van der Waals surface area contributed by atoms with E-state index in [1.165, 1.54) is 5.69 Å². The lowest BCUT2D eigenvalue weighted by Gasteiger charge is -2.37. The molecular formula is C29H36N4O3. The summed E-state index contributed by atoms with van der Waals surface area (Å²) in [6, 6.07) is 18.5. The smallest absolute Gasteiger partial charge is 0.253 e. The molecule has 190 valence electrons. The largest absolute Gasteiger partial charge is 0.378 e. The van der Waals surface area contributed by atoms with Crippen molar-refractivity contribution in [3.8, 4) is 0 Å². The number of ether oxygens (including phenoxy) is 1. The highest BCUT2D eigenvalue weighted by molar-refractivity contribution is 5.94. The third kappa shape index (κ3) is 4.57. The Balaban J connectivity index is 0.991. The van der Waals surface area contributed by atoms with Crippen LogP contribution in [0.3, 0.4) is 0 Å². The highest BCUT2D eigenvalue weighted by Crippen LogP contribution is 2.60. The van der Waals surface area contributed by atoms with Gasteiger partial charge >= 0.3 is 0 Å². The molecule has 0 bridgehead atoms. The van der Waals surface area contributed by atoms with E-state index >= 15 is 0 Å². The summed E-state index contributed by atoms with van der Waals surface area (Å²) in [5.41, 5.74) is 3.25. The summed E-state index contributed by atoms with van der Waals surface area (Å²) in [7, 11) is 0. The Morgan fingerprint density at radius 1 is 0.694 bits per heavy atom. The van der Waals surface area contributed by atoms with E-state index in [4.69, 9.17) is 4.74 Å². The van der Waals surface area contributed by atoms with E-state index in [0.717, 1.165) is 96.1 Å². The molecule has 2 aromatic rings. The summed E-state index contributed by atoms with van der Waals surface area (Å²) in [6.45, 7) is 8.16. The van der Waals surface area contributed by atoms with Crippen molar-refractivity contribution in [1.82, 2.24) is 9.80 Å². The van der Waals surface area contributed by atoms with Crippen molar-refractivity contribution in [3.63, 3.8) is 0 Å². The van der Waals surface area contributed by atoms with Gasteiger partial charge in [0.1, 0.15) is 0 Å². The second-order valence-electron chi connectivity index (χ2n) is 10.7. The summed E-state index contributed by atoms with van der Waals surface area (Å²) in [4.78, 5) is 35.2. The van der Waals surface area contributed by atoms with Gasteiger partial charge in [-0.1, -0.05) is 18.2 Å². The molecule has 0 aromatic heterocycles. The number of benzene rings is 2. The molecular weight excluding hydrogens is 452 g/mol. The van der Waals surface area contributed by atoms with Gasteiger partial charge < -0.3 is 24.3 Å². The predicted octanol–water partition coefficient (Wildman–Crippen LogP) is 3.11. The summed E-state index contributed by atoms with van der Waals surface area (Å²) in [6.07, 6.45) is 2.86. The fourth-order valence-corrected chi connectivity index (χ4v) is 6.27. The zero-order valence-corrected chi connectivity index (χ0v) is 21.0. The van der Waals surface area contributed by atoms with Gasteiger partial charge in [0.2, 0.25) is 5.91 Å². The van der Waals surface area contributed by atoms with Gasteiger partial charge in [0.25, 0.3) is 5.91 Å². The molecule has 6 rings (SSSR count). The first-order valence-electron chi connectivity index (χ1n) is 13.4. The van der Waals surface area contributed by atoms with Crippen molar-refractivity contribution < 1.29 is 14.3 Å². The predicted molar refractivity (Wildman–Crippen MR) is 140 cm³/mol. The SMILES string of the molecule is O=C(c1ccc(N2CCOCC2)cc1)N1CCC2(CC1)CC2C(=O)N1CCN(c2ccccc2)CC1. The Morgan fingerprint density at radius 2 is 1.31 bits per heavy atom. The molecule has 1 atom stereocenters. The fraction of sp³-hybridized carbons (Fsp3) is 0.517. The highest BCUT2D eigenvalue weighted by Gasteiger charge is 2.59. The van der Waals surface area contributed by atoms with Crippen LogP contribution in [0, 0.1) is 11.3 Å². The van der Waals surface area contributed by atoms with Crippen LogP contribution in [0.1, 0.15) is 29.6 Å². The van der Waals surface area contributed by atoms with E-state index in [1.54, 1.807) is 0 Å². The molecule has 36 heavy (non-hydrogen) atoms. The molecule has 4 fully saturated rings. The summed E-state index contributed by atoms with van der Waals surface area (Å²) < 4.78 is 5.43. The van der Waals surface area contributed by atoms with Crippen molar-refractivity contribution in [3.05, 3.63) is 60.2 Å². The molecule has 1 aliphatic carbocycles. The van der Waals surface area contributed by atoms with Crippen molar-refractivity contribution in [2.45, 2.75) is 19.3 Å². The van der Waals surface area contributed by atoms with E-state index in [0.29, 0.717) is 5.91 Å². The maximum absolute atomic E-state index is 13.3. The Labute approximate surface area is 213 Å². The topological polar surface area (TPSA) is 56.3 Å². The number of amides is 2. The number of para-hydroxylation sites is 1. The van der Waals surface area contributed by atoms with Gasteiger partial charge in [0, 0.05) is 75.2 Å². The average molecular weight is 489 g/mol. The van der Waals surface area contributed by atoms with Crippen LogP contribution in [0.25, 0.3) is 0 Å². The highest BCUT2D eigenvalue weighted by atomic mass is 16.5. The molecule has 7 nitrogen and oxygen atoms in total. The van der Waals surface area contributed by atoms with Gasteiger partial charge in [0.15, 0.2) is 0 Å². The minimum atomic E-state index is 0.110. The second-order valence-corrected chi connectivity index (χ2v) is 10.7. The van der Waals surface area contributed by atoms with Crippen LogP contribution in [0.4, 0.5) is 11.4 Å². The zero-order valence-electron chi connectivity index (χ0n) is 21.0. The first-order chi connectivity index (χ1) is 17.6. The molecule has 1 unspecified atom stereocenters. The van der Waals surface area contributed by atoms with E-state index in [9.17, 15) is 9.59 Å². The number of piperazine rings is 1. The van der Waals surface area contributed by atoms with Crippen LogP contribution in [0.2, 0.25) is 0 Å². The number of carbonyl (C=O) groups is 2. The third-order valence-electron chi connectivity index (χ3n) is 8.74. The number of rotatable bonds is 4. The van der Waals surface area contributed by atoms with Crippen molar-refractivity contribution in [1.29, 1.82) is 0 Å². The number of hydrogen-bond donors (Lipinski definition) is 0. The number of anilines is 2. The molecule has 1 spiro atoms. The van der Waals surface area contributed by atoms with Gasteiger partial charge in [-0.05, 0) is 61.1 Å². The van der Waals surface area contributed by atoms with Crippen molar-refractivity contribution >= 4 is 23.2 Å². The van der Waals surface area contributed by atoms with Crippen molar-refractivity contribution in [2.24, 2.45) is 11.3 Å². The lowest BCUT2D eigenvalue weighted by Crippen LogP contribution is -2.50. The van der Waals surface area contributed by atoms with Crippen LogP contribution in [-0.2, 0) is 9.53 Å². The average Bonchev–Trinajstić information content (AvgIpc) is 3.66. The second kappa shape index (κ2) is 9.77. The van der Waals surface area contributed by atoms with E-state index in [1.807, 2.05) is 23.1 Å². The van der Waals surface area contributed by atoms with E-state index in [2.05, 4.69) is 51.1 Å². The van der Waals surface area contributed by atoms with Gasteiger partial charge in [-0.15, -0.1) is 0 Å². The van der Waals surface area contributed by atoms with E-state index < -0.39 is 0 Å². The summed E-state index contributed by atoms with van der Waals surface area (Å²) >= 11 is 0. The summed E-state index contributed by atoms with van der Waals surface area (Å²) in [5.74, 6) is 0.589. The lowest BCUT2D eigenvalue weighted by atomic mass is 9.90. The van der Waals surface area contributed by atoms with Crippen LogP contribution in [0.15, 0.2) is 54.6 Å². The number of nitrogens with zero attached hydrogens (tertiary/aromatic N) is 4. The molecule has 2 aromatic carbocycles. The van der Waals surface area contributed by atoms with Gasteiger partial charge in [0.05, 0.1) is 13.2 Å². The molecule has 3 aliphatic heterocycles. The normalized spacial score (nSPS) is 23.6. The quantitative estimate of drug-likeness (QED) is 0.662. The molecule has 0 radical (unpaired) electrons. The summed E-state index contributed by atoms with van der Waals surface area (Å²) in [5, 5.41) is 0. The fourth-order valence-electron chi connectivity index (χ4n) is 6.27. The lowest BCUT2D eigenvalue weighted by molar-refractivity contribution is -0.134. The standard InChI is InChI=1S/C29H36N4O3/c34-27(23-6-8-25(9-7-23)31-18-20-36-21-19-31)32-12-10-29(11-13-32)22-26(29)28(35)33-16-14-30(15-17-33)24-4-2-1-3-5-24/h1-9,26H,10-22H2. The van der Waals surface area contributed by atoms with Crippen LogP contribution >= 0.6 is 0 Å². The van der Waals surface area contributed by atoms with Gasteiger partial charge in [-0.2, -0.15) is 0 Å². The Bertz CT molecular complexity index is 1070. The Kier molecular flexibility index (Phi) is 6.34. The maximum Gasteiger partial charge on any atom is 0.253 e. The molecule has 7 heteroatoms. The van der Waals surface area contributed by atoms with Crippen molar-refractivity contribution in [2.75, 3.05) is 75.4 Å². The number of morpholine rings is 1. The number of piperidine rings is 1. The minimum absolute atomic E-state index is 0.110. The molecule has 2 amide bonds. The first kappa shape index (κ1) is 23.3. The number of carbonyl (C=O) groups excluding carboxylic acids is 2. The monoisotopic (exact) mass is 488 g/mol. The molecule has 4 aliphatic rings. The first-order valence-corrected chi connectivity index (χ1v) is 13.4. The minimum Gasteiger partial charge on any atom is -0.378 e. The number of likely N-dealkylation sites (tertiary alicyclic amines) is 1. The zero-order chi connectivity index (χ0) is 24.5. The van der Waals surface area contributed by atoms with Crippen LogP contribution in [0.5, 0.6) is 0 Å². The Morgan fingerprint density at radius 3 is 1.97 bits per heavy atom. The van der Waals surface area contributed by atoms with Gasteiger partial charge in [-0.3, -0.25) is 9.59 Å². The van der Waals surface area contributed by atoms with E-state index in [-0.39, 0.29) is 17.2 Å². The van der Waals surface area contributed by atoms with Gasteiger partial charge in [-0.25, -0.2) is 0 Å². The van der Waals surface area contributed by atoms with Crippen LogP contribution in [-0.4, -0.2) is 87.2 Å².